The van der Waals surface area contributed by atoms with Crippen molar-refractivity contribution < 1.29 is 9.72 Å². The van der Waals surface area contributed by atoms with E-state index in [1.807, 2.05) is 0 Å². The smallest absolute Gasteiger partial charge is 0.348 e. The largest absolute Gasteiger partial charge is 0.392 e. The molecule has 0 saturated carbocycles. The topological polar surface area (TPSA) is 112 Å². The minimum absolute atomic E-state index is 0.0502. The number of carbonyl (C=O) groups excluding carboxylic acids is 1. The van der Waals surface area contributed by atoms with Crippen LogP contribution < -0.4 is 11.5 Å². The molecule has 1 heterocycles. The predicted octanol–water partition coefficient (Wildman–Crippen LogP) is 1.06. The summed E-state index contributed by atoms with van der Waals surface area (Å²) in [5.74, 6) is -0.740. The lowest BCUT2D eigenvalue weighted by atomic mass is 10.3. The maximum absolute atomic E-state index is 11.0. The number of carbonyl (C=O) groups is 1. The van der Waals surface area contributed by atoms with Crippen molar-refractivity contribution in [2.45, 2.75) is 4.21 Å². The van der Waals surface area contributed by atoms with E-state index in [2.05, 4.69) is 0 Å². The number of hydrogen-bond acceptors (Lipinski definition) is 6. The van der Waals surface area contributed by atoms with Crippen LogP contribution in [-0.2, 0) is 0 Å². The molecule has 1 amide bonds. The molecule has 0 atom stereocenters. The van der Waals surface area contributed by atoms with Crippen molar-refractivity contribution in [2.75, 3.05) is 12.0 Å². The Morgan fingerprint density at radius 2 is 2.21 bits per heavy atom. The van der Waals surface area contributed by atoms with Crippen LogP contribution in [0.15, 0.2) is 4.21 Å². The van der Waals surface area contributed by atoms with Gasteiger partial charge < -0.3 is 11.5 Å². The van der Waals surface area contributed by atoms with Gasteiger partial charge in [-0.1, -0.05) is 11.3 Å². The molecule has 0 aromatic carbocycles. The minimum atomic E-state index is -0.740. The van der Waals surface area contributed by atoms with E-state index in [1.165, 1.54) is 11.8 Å². The Labute approximate surface area is 87.4 Å². The van der Waals surface area contributed by atoms with E-state index in [0.29, 0.717) is 4.21 Å². The van der Waals surface area contributed by atoms with Gasteiger partial charge in [-0.2, -0.15) is 0 Å². The first-order valence-corrected chi connectivity index (χ1v) is 5.43. The zero-order valence-corrected chi connectivity index (χ0v) is 8.78. The SMILES string of the molecule is CSc1sc([N+](=O)[O-])c(N)c1C(N)=O. The van der Waals surface area contributed by atoms with Crippen molar-refractivity contribution in [1.82, 2.24) is 0 Å². The van der Waals surface area contributed by atoms with Crippen molar-refractivity contribution in [3.05, 3.63) is 15.7 Å². The maximum Gasteiger partial charge on any atom is 0.348 e. The molecule has 0 aliphatic rings. The van der Waals surface area contributed by atoms with Crippen LogP contribution in [0.1, 0.15) is 10.4 Å². The zero-order valence-electron chi connectivity index (χ0n) is 7.14. The summed E-state index contributed by atoms with van der Waals surface area (Å²) < 4.78 is 0.474. The monoisotopic (exact) mass is 233 g/mol. The maximum atomic E-state index is 11.0. The van der Waals surface area contributed by atoms with Gasteiger partial charge in [0.1, 0.15) is 5.69 Å². The molecular formula is C6H7N3O3S2. The number of nitrogens with two attached hydrogens (primary N) is 2. The molecule has 4 N–H and O–H groups in total. The van der Waals surface area contributed by atoms with Gasteiger partial charge in [0.05, 0.1) is 14.7 Å². The lowest BCUT2D eigenvalue weighted by Gasteiger charge is -1.94. The van der Waals surface area contributed by atoms with Gasteiger partial charge >= 0.3 is 5.00 Å². The Kier molecular flexibility index (Phi) is 2.96. The number of amides is 1. The molecule has 6 nitrogen and oxygen atoms in total. The summed E-state index contributed by atoms with van der Waals surface area (Å²) in [5, 5.41) is 10.3. The Bertz CT molecular complexity index is 401. The number of thiophene rings is 1. The van der Waals surface area contributed by atoms with Gasteiger partial charge in [0, 0.05) is 0 Å². The van der Waals surface area contributed by atoms with Gasteiger partial charge in [0.15, 0.2) is 0 Å². The highest BCUT2D eigenvalue weighted by Crippen LogP contribution is 2.41. The molecule has 0 unspecified atom stereocenters. The number of anilines is 1. The molecule has 1 aromatic rings. The quantitative estimate of drug-likeness (QED) is 0.460. The van der Waals surface area contributed by atoms with Crippen LogP contribution in [0.2, 0.25) is 0 Å². The highest BCUT2D eigenvalue weighted by molar-refractivity contribution is 8.00. The molecule has 1 rings (SSSR count). The Balaban J connectivity index is 3.40. The highest BCUT2D eigenvalue weighted by Gasteiger charge is 2.26. The summed E-state index contributed by atoms with van der Waals surface area (Å²) in [6, 6.07) is 0. The summed E-state index contributed by atoms with van der Waals surface area (Å²) in [6.45, 7) is 0. The number of primary amides is 1. The van der Waals surface area contributed by atoms with Crippen molar-refractivity contribution >= 4 is 39.7 Å². The number of nitrogen functional groups attached to an aromatic ring is 1. The van der Waals surface area contributed by atoms with E-state index >= 15 is 0 Å². The molecule has 0 fully saturated rings. The van der Waals surface area contributed by atoms with E-state index in [1.54, 1.807) is 6.26 Å². The first kappa shape index (κ1) is 10.8. The summed E-state index contributed by atoms with van der Waals surface area (Å²) in [7, 11) is 0. The summed E-state index contributed by atoms with van der Waals surface area (Å²) in [6.07, 6.45) is 1.70. The van der Waals surface area contributed by atoms with E-state index in [0.717, 1.165) is 11.3 Å². The normalized spacial score (nSPS) is 10.1. The van der Waals surface area contributed by atoms with E-state index in [-0.39, 0.29) is 16.3 Å². The lowest BCUT2D eigenvalue weighted by molar-refractivity contribution is -0.379. The molecular weight excluding hydrogens is 226 g/mol. The summed E-state index contributed by atoms with van der Waals surface area (Å²) in [4.78, 5) is 20.8. The van der Waals surface area contributed by atoms with Gasteiger partial charge in [0.2, 0.25) is 0 Å². The van der Waals surface area contributed by atoms with Crippen LogP contribution in [-0.4, -0.2) is 17.1 Å². The molecule has 0 aliphatic carbocycles. The second-order valence-electron chi connectivity index (χ2n) is 2.31. The third-order valence-corrected chi connectivity index (χ3v) is 3.77. The molecule has 0 radical (unpaired) electrons. The van der Waals surface area contributed by atoms with Crippen LogP contribution in [0.25, 0.3) is 0 Å². The van der Waals surface area contributed by atoms with Crippen LogP contribution in [0.4, 0.5) is 10.7 Å². The minimum Gasteiger partial charge on any atom is -0.392 e. The first-order valence-electron chi connectivity index (χ1n) is 3.39. The van der Waals surface area contributed by atoms with Gasteiger partial charge in [-0.15, -0.1) is 11.8 Å². The Hall–Kier alpha value is -1.28. The second kappa shape index (κ2) is 3.84. The lowest BCUT2D eigenvalue weighted by Crippen LogP contribution is -2.13. The molecule has 76 valence electrons. The molecule has 0 aliphatic heterocycles. The number of thioether (sulfide) groups is 1. The van der Waals surface area contributed by atoms with Crippen molar-refractivity contribution in [3.8, 4) is 0 Å². The van der Waals surface area contributed by atoms with Crippen LogP contribution >= 0.6 is 23.1 Å². The summed E-state index contributed by atoms with van der Waals surface area (Å²) >= 11 is 2.07. The van der Waals surface area contributed by atoms with Gasteiger partial charge in [-0.25, -0.2) is 0 Å². The zero-order chi connectivity index (χ0) is 10.9. The average molecular weight is 233 g/mol. The predicted molar refractivity (Wildman–Crippen MR) is 55.7 cm³/mol. The summed E-state index contributed by atoms with van der Waals surface area (Å²) in [5.41, 5.74) is 10.4. The van der Waals surface area contributed by atoms with E-state index in [9.17, 15) is 14.9 Å². The van der Waals surface area contributed by atoms with Crippen LogP contribution in [0, 0.1) is 10.1 Å². The van der Waals surface area contributed by atoms with Gasteiger partial charge in [0.25, 0.3) is 5.91 Å². The Morgan fingerprint density at radius 1 is 1.64 bits per heavy atom. The third-order valence-electron chi connectivity index (χ3n) is 1.49. The van der Waals surface area contributed by atoms with Crippen molar-refractivity contribution in [2.24, 2.45) is 5.73 Å². The number of nitro groups is 1. The molecule has 14 heavy (non-hydrogen) atoms. The number of nitrogens with zero attached hydrogens (tertiary/aromatic N) is 1. The fraction of sp³-hybridized carbons (Fsp3) is 0.167. The fourth-order valence-electron chi connectivity index (χ4n) is 0.923. The molecule has 0 bridgehead atoms. The van der Waals surface area contributed by atoms with Gasteiger partial charge in [-0.3, -0.25) is 14.9 Å². The number of hydrogen-bond donors (Lipinski definition) is 2. The Morgan fingerprint density at radius 3 is 2.50 bits per heavy atom. The molecule has 0 saturated heterocycles. The fourth-order valence-corrected chi connectivity index (χ4v) is 2.68. The van der Waals surface area contributed by atoms with Crippen molar-refractivity contribution in [1.29, 1.82) is 0 Å². The third kappa shape index (κ3) is 1.66. The van der Waals surface area contributed by atoms with Crippen LogP contribution in [0.5, 0.6) is 0 Å². The molecule has 0 spiro atoms. The van der Waals surface area contributed by atoms with Crippen LogP contribution in [0.3, 0.4) is 0 Å². The standard InChI is InChI=1S/C6H7N3O3S2/c1-13-6-2(4(8)10)3(7)5(14-6)9(11)12/h7H2,1H3,(H2,8,10). The first-order chi connectivity index (χ1) is 6.49. The highest BCUT2D eigenvalue weighted by atomic mass is 32.2. The average Bonchev–Trinajstić information content (AvgIpc) is 2.42. The van der Waals surface area contributed by atoms with E-state index < -0.39 is 10.8 Å². The van der Waals surface area contributed by atoms with E-state index in [4.69, 9.17) is 11.5 Å². The second-order valence-corrected chi connectivity index (χ2v) is 4.38. The van der Waals surface area contributed by atoms with Gasteiger partial charge in [-0.05, 0) is 6.26 Å². The van der Waals surface area contributed by atoms with Crippen molar-refractivity contribution in [3.63, 3.8) is 0 Å². The molecule has 8 heteroatoms. The molecule has 1 aromatic heterocycles. The number of rotatable bonds is 3.